The van der Waals surface area contributed by atoms with E-state index in [9.17, 15) is 8.78 Å². The molecule has 1 heterocycles. The van der Waals surface area contributed by atoms with Gasteiger partial charge >= 0.3 is 0 Å². The zero-order valence-electron chi connectivity index (χ0n) is 9.28. The van der Waals surface area contributed by atoms with Gasteiger partial charge in [-0.2, -0.15) is 5.26 Å². The molecular weight excluding hydrogens is 254 g/mol. The lowest BCUT2D eigenvalue weighted by Crippen LogP contribution is -2.02. The van der Waals surface area contributed by atoms with Crippen LogP contribution in [0.25, 0.3) is 10.6 Å². The first-order valence-corrected chi connectivity index (χ1v) is 6.35. The van der Waals surface area contributed by atoms with E-state index in [1.54, 1.807) is 5.38 Å². The SMILES string of the molecule is N#CC1(c2csc(-c3ccc(F)cc3F)n2)CC1. The Hall–Kier alpha value is -1.80. The molecule has 0 aliphatic heterocycles. The van der Waals surface area contributed by atoms with Crippen LogP contribution in [0.4, 0.5) is 8.78 Å². The van der Waals surface area contributed by atoms with Crippen molar-refractivity contribution in [2.45, 2.75) is 18.3 Å². The number of aromatic nitrogens is 1. The molecule has 0 amide bonds. The Bertz CT molecular complexity index is 653. The minimum Gasteiger partial charge on any atom is -0.239 e. The van der Waals surface area contributed by atoms with Crippen molar-refractivity contribution in [1.29, 1.82) is 5.26 Å². The van der Waals surface area contributed by atoms with E-state index in [2.05, 4.69) is 11.1 Å². The molecule has 0 N–H and O–H groups in total. The first-order chi connectivity index (χ1) is 8.64. The zero-order chi connectivity index (χ0) is 12.8. The van der Waals surface area contributed by atoms with E-state index in [0.29, 0.717) is 10.7 Å². The molecule has 90 valence electrons. The van der Waals surface area contributed by atoms with Crippen molar-refractivity contribution in [2.75, 3.05) is 0 Å². The minimum absolute atomic E-state index is 0.279. The summed E-state index contributed by atoms with van der Waals surface area (Å²) in [4.78, 5) is 4.31. The Morgan fingerprint density at radius 2 is 2.11 bits per heavy atom. The average Bonchev–Trinajstić information content (AvgIpc) is 3.00. The summed E-state index contributed by atoms with van der Waals surface area (Å²) >= 11 is 1.28. The molecule has 0 atom stereocenters. The van der Waals surface area contributed by atoms with Gasteiger partial charge in [-0.05, 0) is 25.0 Å². The number of nitriles is 1. The predicted octanol–water partition coefficient (Wildman–Crippen LogP) is 3.64. The van der Waals surface area contributed by atoms with Crippen molar-refractivity contribution in [3.63, 3.8) is 0 Å². The molecule has 1 aromatic heterocycles. The number of hydrogen-bond donors (Lipinski definition) is 0. The Labute approximate surface area is 107 Å². The molecule has 2 nitrogen and oxygen atoms in total. The molecule has 2 aromatic rings. The van der Waals surface area contributed by atoms with Crippen LogP contribution < -0.4 is 0 Å². The Balaban J connectivity index is 2.01. The molecule has 1 aliphatic rings. The van der Waals surface area contributed by atoms with Gasteiger partial charge in [0.05, 0.1) is 11.8 Å². The fourth-order valence-electron chi connectivity index (χ4n) is 1.83. The predicted molar refractivity (Wildman–Crippen MR) is 64.0 cm³/mol. The van der Waals surface area contributed by atoms with Crippen molar-refractivity contribution in [1.82, 2.24) is 4.98 Å². The number of nitrogens with zero attached hydrogens (tertiary/aromatic N) is 2. The number of benzene rings is 1. The highest BCUT2D eigenvalue weighted by molar-refractivity contribution is 7.13. The molecule has 18 heavy (non-hydrogen) atoms. The van der Waals surface area contributed by atoms with Gasteiger partial charge in [0, 0.05) is 17.0 Å². The second-order valence-corrected chi connectivity index (χ2v) is 5.21. The first kappa shape index (κ1) is 11.3. The van der Waals surface area contributed by atoms with Crippen LogP contribution in [-0.4, -0.2) is 4.98 Å². The van der Waals surface area contributed by atoms with Crippen molar-refractivity contribution in [3.05, 3.63) is 40.9 Å². The van der Waals surface area contributed by atoms with Crippen LogP contribution in [-0.2, 0) is 5.41 Å². The van der Waals surface area contributed by atoms with Crippen LogP contribution in [0.3, 0.4) is 0 Å². The molecule has 0 saturated heterocycles. The quantitative estimate of drug-likeness (QED) is 0.828. The fourth-order valence-corrected chi connectivity index (χ4v) is 2.78. The monoisotopic (exact) mass is 262 g/mol. The highest BCUT2D eigenvalue weighted by atomic mass is 32.1. The van der Waals surface area contributed by atoms with E-state index in [4.69, 9.17) is 5.26 Å². The molecule has 1 saturated carbocycles. The van der Waals surface area contributed by atoms with Gasteiger partial charge in [-0.1, -0.05) is 0 Å². The summed E-state index contributed by atoms with van der Waals surface area (Å²) in [5, 5.41) is 11.3. The van der Waals surface area contributed by atoms with Gasteiger partial charge < -0.3 is 0 Å². The number of rotatable bonds is 2. The molecule has 0 spiro atoms. The van der Waals surface area contributed by atoms with Gasteiger partial charge in [0.25, 0.3) is 0 Å². The summed E-state index contributed by atoms with van der Waals surface area (Å²) in [7, 11) is 0. The zero-order valence-corrected chi connectivity index (χ0v) is 10.1. The van der Waals surface area contributed by atoms with Crippen LogP contribution in [0.15, 0.2) is 23.6 Å². The smallest absolute Gasteiger partial charge is 0.136 e. The summed E-state index contributed by atoms with van der Waals surface area (Å²) in [5.41, 5.74) is 0.515. The lowest BCUT2D eigenvalue weighted by molar-refractivity contribution is 0.585. The lowest BCUT2D eigenvalue weighted by atomic mass is 10.1. The summed E-state index contributed by atoms with van der Waals surface area (Å²) in [6.07, 6.45) is 1.61. The van der Waals surface area contributed by atoms with Gasteiger partial charge in [-0.3, -0.25) is 0 Å². The van der Waals surface area contributed by atoms with E-state index in [-0.39, 0.29) is 5.56 Å². The van der Waals surface area contributed by atoms with Crippen molar-refractivity contribution in [3.8, 4) is 16.6 Å². The topological polar surface area (TPSA) is 36.7 Å². The molecule has 0 unspecified atom stereocenters. The summed E-state index contributed by atoms with van der Waals surface area (Å²) < 4.78 is 26.4. The van der Waals surface area contributed by atoms with Crippen LogP contribution >= 0.6 is 11.3 Å². The van der Waals surface area contributed by atoms with E-state index in [0.717, 1.165) is 18.9 Å². The summed E-state index contributed by atoms with van der Waals surface area (Å²) in [5.74, 6) is -1.23. The van der Waals surface area contributed by atoms with Crippen LogP contribution in [0, 0.1) is 23.0 Å². The summed E-state index contributed by atoms with van der Waals surface area (Å²) in [6, 6.07) is 5.67. The maximum Gasteiger partial charge on any atom is 0.136 e. The van der Waals surface area contributed by atoms with Gasteiger partial charge in [-0.15, -0.1) is 11.3 Å². The van der Waals surface area contributed by atoms with E-state index in [1.807, 2.05) is 0 Å². The van der Waals surface area contributed by atoms with Crippen LogP contribution in [0.1, 0.15) is 18.5 Å². The maximum atomic E-state index is 13.6. The third-order valence-electron chi connectivity index (χ3n) is 3.12. The van der Waals surface area contributed by atoms with Gasteiger partial charge in [-0.25, -0.2) is 13.8 Å². The minimum atomic E-state index is -0.627. The van der Waals surface area contributed by atoms with E-state index in [1.165, 1.54) is 23.5 Å². The normalized spacial score (nSPS) is 16.3. The maximum absolute atomic E-state index is 13.6. The molecule has 0 bridgehead atoms. The second kappa shape index (κ2) is 3.85. The standard InChI is InChI=1S/C13H8F2N2S/c14-8-1-2-9(10(15)5-8)12-17-11(6-18-12)13(7-16)3-4-13/h1-2,5-6H,3-4H2. The number of halogens is 2. The van der Waals surface area contributed by atoms with Gasteiger partial charge in [0.1, 0.15) is 22.1 Å². The molecule has 1 aromatic carbocycles. The summed E-state index contributed by atoms with van der Waals surface area (Å²) in [6.45, 7) is 0. The van der Waals surface area contributed by atoms with E-state index >= 15 is 0 Å². The highest BCUT2D eigenvalue weighted by Crippen LogP contribution is 2.48. The van der Waals surface area contributed by atoms with Crippen LogP contribution in [0.2, 0.25) is 0 Å². The van der Waals surface area contributed by atoms with Crippen molar-refractivity contribution in [2.24, 2.45) is 0 Å². The van der Waals surface area contributed by atoms with Crippen molar-refractivity contribution < 1.29 is 8.78 Å². The number of hydrogen-bond acceptors (Lipinski definition) is 3. The molecule has 1 aliphatic carbocycles. The van der Waals surface area contributed by atoms with Crippen molar-refractivity contribution >= 4 is 11.3 Å². The third-order valence-corrected chi connectivity index (χ3v) is 4.00. The Morgan fingerprint density at radius 3 is 2.72 bits per heavy atom. The highest BCUT2D eigenvalue weighted by Gasteiger charge is 2.47. The molecule has 5 heteroatoms. The lowest BCUT2D eigenvalue weighted by Gasteiger charge is -2.00. The second-order valence-electron chi connectivity index (χ2n) is 4.36. The Morgan fingerprint density at radius 1 is 1.33 bits per heavy atom. The van der Waals surface area contributed by atoms with Crippen LogP contribution in [0.5, 0.6) is 0 Å². The molecule has 3 rings (SSSR count). The average molecular weight is 262 g/mol. The fraction of sp³-hybridized carbons (Fsp3) is 0.231. The van der Waals surface area contributed by atoms with Gasteiger partial charge in [0.15, 0.2) is 0 Å². The Kier molecular flexibility index (Phi) is 2.42. The first-order valence-electron chi connectivity index (χ1n) is 5.47. The number of thiazole rings is 1. The van der Waals surface area contributed by atoms with E-state index < -0.39 is 17.0 Å². The molecule has 1 fully saturated rings. The molecule has 0 radical (unpaired) electrons. The molecular formula is C13H8F2N2S. The largest absolute Gasteiger partial charge is 0.239 e. The van der Waals surface area contributed by atoms with Gasteiger partial charge in [0.2, 0.25) is 0 Å². The third kappa shape index (κ3) is 1.70.